The number of pyridine rings is 1. The van der Waals surface area contributed by atoms with Gasteiger partial charge in [0, 0.05) is 44.2 Å². The Balaban J connectivity index is 1.41. The minimum atomic E-state index is -3.60. The second-order valence-electron chi connectivity index (χ2n) is 9.24. The van der Waals surface area contributed by atoms with Gasteiger partial charge in [-0.1, -0.05) is 43.7 Å². The van der Waals surface area contributed by atoms with Crippen molar-refractivity contribution >= 4 is 28.1 Å². The summed E-state index contributed by atoms with van der Waals surface area (Å²) in [5.74, 6) is 0.736. The summed E-state index contributed by atoms with van der Waals surface area (Å²) in [7, 11) is -3.60. The molecule has 1 aromatic carbocycles. The molecule has 2 atom stereocenters. The topological polar surface area (TPSA) is 101 Å². The van der Waals surface area contributed by atoms with Gasteiger partial charge in [-0.25, -0.2) is 9.78 Å². The molecule has 2 aromatic rings. The van der Waals surface area contributed by atoms with E-state index in [1.165, 1.54) is 0 Å². The maximum atomic E-state index is 13.6. The normalized spacial score (nSPS) is 21.1. The van der Waals surface area contributed by atoms with Crippen LogP contribution in [0.3, 0.4) is 0 Å². The molecule has 1 N–H and O–H groups in total. The summed E-state index contributed by atoms with van der Waals surface area (Å²) in [5, 5.41) is 3.56. The van der Waals surface area contributed by atoms with Crippen molar-refractivity contribution in [3.8, 4) is 0 Å². The van der Waals surface area contributed by atoms with Crippen molar-refractivity contribution in [3.05, 3.63) is 59.8 Å². The van der Waals surface area contributed by atoms with Gasteiger partial charge in [-0.05, 0) is 42.0 Å². The number of benzene rings is 1. The molecule has 0 saturated carbocycles. The summed E-state index contributed by atoms with van der Waals surface area (Å²) in [6.45, 7) is 4.87. The number of aromatic nitrogens is 1. The molecule has 2 fully saturated rings. The highest BCUT2D eigenvalue weighted by atomic mass is 32.2. The number of morpholine rings is 1. The highest BCUT2D eigenvalue weighted by Gasteiger charge is 2.43. The van der Waals surface area contributed by atoms with Crippen molar-refractivity contribution in [3.63, 3.8) is 0 Å². The molecule has 0 spiro atoms. The number of hydrogen-bond donors (Lipinski definition) is 1. The Morgan fingerprint density at radius 2 is 2.00 bits per heavy atom. The van der Waals surface area contributed by atoms with Gasteiger partial charge < -0.3 is 14.8 Å². The number of thioether (sulfide) groups is 1. The van der Waals surface area contributed by atoms with Gasteiger partial charge in [-0.3, -0.25) is 0 Å². The minimum absolute atomic E-state index is 0.143. The number of nitrogens with one attached hydrogen (secondary N) is 1. The first-order valence-electron chi connectivity index (χ1n) is 12.9. The fraction of sp³-hybridized carbons (Fsp3) is 0.538. The third-order valence-electron chi connectivity index (χ3n) is 6.62. The van der Waals surface area contributed by atoms with Crippen LogP contribution in [0.4, 0.5) is 4.79 Å². The molecule has 37 heavy (non-hydrogen) atoms. The lowest BCUT2D eigenvalue weighted by Crippen LogP contribution is -2.50. The van der Waals surface area contributed by atoms with Gasteiger partial charge in [0.1, 0.15) is 0 Å². The fourth-order valence-corrected chi connectivity index (χ4v) is 7.52. The van der Waals surface area contributed by atoms with Crippen molar-refractivity contribution < 1.29 is 22.7 Å². The number of carbonyl (C=O) groups excluding carboxylic acids is 1. The van der Waals surface area contributed by atoms with Gasteiger partial charge in [0.05, 0.1) is 24.8 Å². The highest BCUT2D eigenvalue weighted by molar-refractivity contribution is 7.99. The first-order valence-corrected chi connectivity index (χ1v) is 15.2. The molecule has 2 aliphatic rings. The Hall–Kier alpha value is -2.18. The Labute approximate surface area is 224 Å². The van der Waals surface area contributed by atoms with Crippen molar-refractivity contribution in [1.82, 2.24) is 18.9 Å². The Morgan fingerprint density at radius 3 is 2.76 bits per heavy atom. The predicted molar refractivity (Wildman–Crippen MR) is 144 cm³/mol. The zero-order chi connectivity index (χ0) is 26.1. The van der Waals surface area contributed by atoms with Crippen LogP contribution < -0.4 is 5.32 Å². The van der Waals surface area contributed by atoms with E-state index < -0.39 is 16.3 Å². The predicted octanol–water partition coefficient (Wildman–Crippen LogP) is 3.64. The smallest absolute Gasteiger partial charge is 0.407 e. The van der Waals surface area contributed by atoms with Crippen LogP contribution in [0.5, 0.6) is 0 Å². The van der Waals surface area contributed by atoms with Crippen molar-refractivity contribution in [2.45, 2.75) is 49.7 Å². The second kappa shape index (κ2) is 13.6. The molecule has 0 bridgehead atoms. The monoisotopic (exact) mass is 548 g/mol. The molecule has 1 amide bonds. The van der Waals surface area contributed by atoms with Crippen LogP contribution in [0.25, 0.3) is 0 Å². The van der Waals surface area contributed by atoms with E-state index in [4.69, 9.17) is 9.47 Å². The fourth-order valence-electron chi connectivity index (χ4n) is 4.57. The lowest BCUT2D eigenvalue weighted by Gasteiger charge is -2.32. The van der Waals surface area contributed by atoms with E-state index >= 15 is 0 Å². The number of alkyl carbamates (subject to hydrolysis) is 1. The van der Waals surface area contributed by atoms with Gasteiger partial charge in [-0.2, -0.15) is 17.0 Å². The molecule has 2 unspecified atom stereocenters. The Bertz CT molecular complexity index is 1110. The molecule has 2 aliphatic heterocycles. The lowest BCUT2D eigenvalue weighted by atomic mass is 9.97. The molecule has 9 nitrogen and oxygen atoms in total. The first kappa shape index (κ1) is 27.8. The summed E-state index contributed by atoms with van der Waals surface area (Å²) in [6.07, 6.45) is 3.85. The quantitative estimate of drug-likeness (QED) is 0.338. The maximum Gasteiger partial charge on any atom is 0.407 e. The van der Waals surface area contributed by atoms with Crippen LogP contribution in [0.1, 0.15) is 43.2 Å². The largest absolute Gasteiger partial charge is 0.450 e. The average molecular weight is 549 g/mol. The zero-order valence-corrected chi connectivity index (χ0v) is 22.9. The van der Waals surface area contributed by atoms with Crippen LogP contribution in [0.2, 0.25) is 0 Å². The van der Waals surface area contributed by atoms with Gasteiger partial charge in [0.25, 0.3) is 10.2 Å². The van der Waals surface area contributed by atoms with Crippen molar-refractivity contribution in [1.29, 1.82) is 0 Å². The van der Waals surface area contributed by atoms with Crippen LogP contribution >= 0.6 is 11.8 Å². The van der Waals surface area contributed by atoms with Crippen molar-refractivity contribution in [2.75, 3.05) is 45.2 Å². The van der Waals surface area contributed by atoms with Gasteiger partial charge in [0.15, 0.2) is 0 Å². The summed E-state index contributed by atoms with van der Waals surface area (Å²) < 4.78 is 41.0. The molecule has 0 radical (unpaired) electrons. The van der Waals surface area contributed by atoms with Crippen LogP contribution in [-0.2, 0) is 26.2 Å². The Morgan fingerprint density at radius 1 is 1.22 bits per heavy atom. The van der Waals surface area contributed by atoms with Crippen LogP contribution in [0, 0.1) is 0 Å². The summed E-state index contributed by atoms with van der Waals surface area (Å²) >= 11 is 1.54. The van der Waals surface area contributed by atoms with Gasteiger partial charge in [0.2, 0.25) is 0 Å². The van der Waals surface area contributed by atoms with Gasteiger partial charge in [-0.15, -0.1) is 11.8 Å². The van der Waals surface area contributed by atoms with Gasteiger partial charge >= 0.3 is 6.09 Å². The van der Waals surface area contributed by atoms with E-state index in [9.17, 15) is 13.2 Å². The Kier molecular flexibility index (Phi) is 10.2. The summed E-state index contributed by atoms with van der Waals surface area (Å²) in [5.41, 5.74) is 2.07. The highest BCUT2D eigenvalue weighted by Crippen LogP contribution is 2.37. The number of hydrogen-bond acceptors (Lipinski definition) is 7. The maximum absolute atomic E-state index is 13.6. The molecule has 202 valence electrons. The average Bonchev–Trinajstić information content (AvgIpc) is 3.37. The number of amides is 1. The van der Waals surface area contributed by atoms with Crippen molar-refractivity contribution in [2.24, 2.45) is 0 Å². The van der Waals surface area contributed by atoms with E-state index in [-0.39, 0.29) is 12.0 Å². The van der Waals surface area contributed by atoms with Crippen LogP contribution in [-0.4, -0.2) is 79.4 Å². The summed E-state index contributed by atoms with van der Waals surface area (Å²) in [6, 6.07) is 13.8. The SMILES string of the molecule is CCCCOC(=O)NCc1ccnc(SCC2CC(c3ccccc3)CN2S(=O)(=O)N2CCOCC2)c1. The number of unbranched alkanes of at least 4 members (excludes halogenated alkanes) is 1. The van der Waals surface area contributed by atoms with E-state index in [0.717, 1.165) is 35.4 Å². The molecule has 3 heterocycles. The van der Waals surface area contributed by atoms with E-state index in [2.05, 4.69) is 22.4 Å². The number of ether oxygens (including phenoxy) is 2. The molecule has 1 aromatic heterocycles. The number of rotatable bonds is 11. The minimum Gasteiger partial charge on any atom is -0.450 e. The van der Waals surface area contributed by atoms with E-state index in [1.54, 1.807) is 26.6 Å². The first-order chi connectivity index (χ1) is 18.0. The molecule has 2 saturated heterocycles. The van der Waals surface area contributed by atoms with E-state index in [0.29, 0.717) is 51.8 Å². The third kappa shape index (κ3) is 7.67. The summed E-state index contributed by atoms with van der Waals surface area (Å²) in [4.78, 5) is 16.3. The molecule has 0 aliphatic carbocycles. The molecular weight excluding hydrogens is 512 g/mol. The molecule has 11 heteroatoms. The third-order valence-corrected chi connectivity index (χ3v) is 9.75. The van der Waals surface area contributed by atoms with Crippen LogP contribution in [0.15, 0.2) is 53.7 Å². The zero-order valence-electron chi connectivity index (χ0n) is 21.3. The molecule has 4 rings (SSSR count). The lowest BCUT2D eigenvalue weighted by molar-refractivity contribution is 0.0700. The molecular formula is C26H36N4O5S2. The second-order valence-corrected chi connectivity index (χ2v) is 12.2. The van der Waals surface area contributed by atoms with E-state index in [1.807, 2.05) is 37.3 Å². The number of carbonyl (C=O) groups is 1. The standard InChI is InChI=1S/C26H36N4O5S2/c1-2-3-13-35-26(31)28-18-21-9-10-27-25(16-21)36-20-24-17-23(22-7-5-4-6-8-22)19-30(24)37(32,33)29-11-14-34-15-12-29/h4-10,16,23-24H,2-3,11-15,17-20H2,1H3,(H,28,31). The number of nitrogens with zero attached hydrogens (tertiary/aromatic N) is 3.